The smallest absolute Gasteiger partial charge is 0.229 e. The number of hydrogen-bond donors (Lipinski definition) is 10. The van der Waals surface area contributed by atoms with Gasteiger partial charge in [-0.1, -0.05) is 0 Å². The summed E-state index contributed by atoms with van der Waals surface area (Å²) >= 11 is 0. The van der Waals surface area contributed by atoms with E-state index in [-0.39, 0.29) is 22.5 Å². The van der Waals surface area contributed by atoms with E-state index in [1.165, 1.54) is 26.2 Å². The highest BCUT2D eigenvalue weighted by molar-refractivity contribution is 5.86. The first-order valence-electron chi connectivity index (χ1n) is 16.6. The van der Waals surface area contributed by atoms with Crippen LogP contribution in [0.4, 0.5) is 0 Å². The van der Waals surface area contributed by atoms with Crippen molar-refractivity contribution in [3.05, 3.63) is 52.7 Å². The minimum absolute atomic E-state index is 0.126. The second-order valence-electron chi connectivity index (χ2n) is 13.0. The number of ether oxygens (including phenoxy) is 7. The van der Waals surface area contributed by atoms with E-state index in [0.717, 1.165) is 6.07 Å². The molecule has 3 saturated heterocycles. The second kappa shape index (κ2) is 16.1. The SMILES string of the molecule is COc1ccc(-c2cc(=O)c3c(O)cc(OC4OC(COC5OC(C)C(O)C(O)C5O)C(O)C(O)C4OC4OC(CO)C(O)C(O)C4O)cc3o2)cc1. The molecule has 53 heavy (non-hydrogen) atoms. The summed E-state index contributed by atoms with van der Waals surface area (Å²) in [7, 11) is 1.49. The van der Waals surface area contributed by atoms with Gasteiger partial charge in [-0.2, -0.15) is 0 Å². The highest BCUT2D eigenvalue weighted by Crippen LogP contribution is 2.35. The summed E-state index contributed by atoms with van der Waals surface area (Å²) in [5, 5.41) is 104. The number of fused-ring (bicyclic) bond motifs is 1. The Bertz CT molecular complexity index is 1750. The summed E-state index contributed by atoms with van der Waals surface area (Å²) in [6, 6.07) is 10.1. The van der Waals surface area contributed by atoms with Gasteiger partial charge in [-0.3, -0.25) is 4.79 Å². The molecule has 6 rings (SSSR count). The van der Waals surface area contributed by atoms with Crippen LogP contribution in [-0.4, -0.2) is 164 Å². The van der Waals surface area contributed by atoms with Crippen molar-refractivity contribution in [3.63, 3.8) is 0 Å². The minimum Gasteiger partial charge on any atom is -0.507 e. The maximum Gasteiger partial charge on any atom is 0.229 e. The number of hydrogen-bond acceptors (Lipinski definition) is 19. The van der Waals surface area contributed by atoms with E-state index in [9.17, 15) is 55.9 Å². The van der Waals surface area contributed by atoms with E-state index in [1.807, 2.05) is 0 Å². The molecule has 15 atom stereocenters. The maximum absolute atomic E-state index is 13.1. The lowest BCUT2D eigenvalue weighted by Crippen LogP contribution is -2.65. The van der Waals surface area contributed by atoms with Gasteiger partial charge in [-0.25, -0.2) is 0 Å². The van der Waals surface area contributed by atoms with Gasteiger partial charge in [0.05, 0.1) is 26.4 Å². The summed E-state index contributed by atoms with van der Waals surface area (Å²) in [6.45, 7) is 0.0267. The van der Waals surface area contributed by atoms with E-state index in [2.05, 4.69) is 0 Å². The first-order chi connectivity index (χ1) is 25.2. The molecule has 0 radical (unpaired) electrons. The monoisotopic (exact) mass is 754 g/mol. The van der Waals surface area contributed by atoms with Gasteiger partial charge >= 0.3 is 0 Å². The Hall–Kier alpha value is -3.51. The Morgan fingerprint density at radius 3 is 2.02 bits per heavy atom. The maximum atomic E-state index is 13.1. The summed E-state index contributed by atoms with van der Waals surface area (Å²) < 4.78 is 45.3. The molecular weight excluding hydrogens is 712 g/mol. The van der Waals surface area contributed by atoms with Gasteiger partial charge < -0.3 is 88.6 Å². The van der Waals surface area contributed by atoms with Crippen molar-refractivity contribution in [1.29, 1.82) is 0 Å². The standard InChI is InChI=1S/C34H42O19/c1-12-23(38)26(41)29(44)32(48-12)47-11-21-25(40)28(43)31(53-33-30(45)27(42)24(39)20(10-35)51-33)34(52-21)49-15-7-16(36)22-17(37)9-18(50-19(22)8-15)13-3-5-14(46-2)6-4-13/h3-9,12,20-21,23-36,38-45H,10-11H2,1-2H3. The third-order valence-corrected chi connectivity index (χ3v) is 9.43. The summed E-state index contributed by atoms with van der Waals surface area (Å²) in [5.74, 6) is -0.0805. The number of rotatable bonds is 10. The van der Waals surface area contributed by atoms with Crippen LogP contribution in [0.15, 0.2) is 51.7 Å². The normalized spacial score (nSPS) is 37.8. The van der Waals surface area contributed by atoms with Crippen molar-refractivity contribution in [2.75, 3.05) is 20.3 Å². The zero-order chi connectivity index (χ0) is 38.3. The molecule has 10 N–H and O–H groups in total. The predicted octanol–water partition coefficient (Wildman–Crippen LogP) is -2.97. The van der Waals surface area contributed by atoms with Crippen LogP contribution in [0, 0.1) is 0 Å². The Labute approximate surface area is 300 Å². The Morgan fingerprint density at radius 2 is 1.34 bits per heavy atom. The van der Waals surface area contributed by atoms with Gasteiger partial charge in [-0.05, 0) is 31.2 Å². The number of aromatic hydroxyl groups is 1. The van der Waals surface area contributed by atoms with Crippen molar-refractivity contribution in [3.8, 4) is 28.6 Å². The molecule has 15 unspecified atom stereocenters. The molecule has 0 saturated carbocycles. The van der Waals surface area contributed by atoms with Crippen LogP contribution in [0.5, 0.6) is 17.2 Å². The number of aliphatic hydroxyl groups is 9. The zero-order valence-corrected chi connectivity index (χ0v) is 28.3. The highest BCUT2D eigenvalue weighted by Gasteiger charge is 2.52. The molecule has 0 amide bonds. The van der Waals surface area contributed by atoms with Gasteiger partial charge in [0.2, 0.25) is 6.29 Å². The molecule has 3 aromatic rings. The van der Waals surface area contributed by atoms with E-state index >= 15 is 0 Å². The molecule has 19 heteroatoms. The number of methoxy groups -OCH3 is 1. The molecule has 0 spiro atoms. The predicted molar refractivity (Wildman–Crippen MR) is 174 cm³/mol. The number of phenols is 1. The van der Waals surface area contributed by atoms with E-state index < -0.39 is 117 Å². The van der Waals surface area contributed by atoms with E-state index in [0.29, 0.717) is 11.3 Å². The minimum atomic E-state index is -1.94. The van der Waals surface area contributed by atoms with Crippen LogP contribution in [-0.2, 0) is 23.7 Å². The van der Waals surface area contributed by atoms with Gasteiger partial charge in [0, 0.05) is 23.8 Å². The molecule has 3 aliphatic heterocycles. The lowest BCUT2D eigenvalue weighted by Gasteiger charge is -2.46. The van der Waals surface area contributed by atoms with Crippen LogP contribution in [0.1, 0.15) is 6.92 Å². The van der Waals surface area contributed by atoms with Crippen molar-refractivity contribution in [2.24, 2.45) is 0 Å². The van der Waals surface area contributed by atoms with Crippen LogP contribution >= 0.6 is 0 Å². The molecule has 3 aliphatic rings. The van der Waals surface area contributed by atoms with Crippen LogP contribution < -0.4 is 14.9 Å². The quantitative estimate of drug-likeness (QED) is 0.0988. The van der Waals surface area contributed by atoms with Crippen LogP contribution in [0.2, 0.25) is 0 Å². The number of benzene rings is 2. The fourth-order valence-electron chi connectivity index (χ4n) is 6.30. The average molecular weight is 755 g/mol. The van der Waals surface area contributed by atoms with E-state index in [1.54, 1.807) is 24.3 Å². The Kier molecular flexibility index (Phi) is 11.9. The Morgan fingerprint density at radius 1 is 0.698 bits per heavy atom. The third kappa shape index (κ3) is 7.86. The summed E-state index contributed by atoms with van der Waals surface area (Å²) in [4.78, 5) is 13.1. The molecule has 1 aromatic heterocycles. The van der Waals surface area contributed by atoms with Gasteiger partial charge in [-0.15, -0.1) is 0 Å². The number of phenolic OH excluding ortho intramolecular Hbond substituents is 1. The molecule has 2 aromatic carbocycles. The molecular formula is C34H42O19. The van der Waals surface area contributed by atoms with Crippen LogP contribution in [0.25, 0.3) is 22.3 Å². The second-order valence-corrected chi connectivity index (χ2v) is 13.0. The lowest BCUT2D eigenvalue weighted by molar-refractivity contribution is -0.362. The topological polar surface area (TPSA) is 297 Å². The fraction of sp³-hybridized carbons (Fsp3) is 0.559. The molecule has 292 valence electrons. The van der Waals surface area contributed by atoms with Crippen molar-refractivity contribution in [1.82, 2.24) is 0 Å². The first-order valence-corrected chi connectivity index (χ1v) is 16.6. The van der Waals surface area contributed by atoms with Gasteiger partial charge in [0.15, 0.2) is 24.1 Å². The Balaban J connectivity index is 1.30. The van der Waals surface area contributed by atoms with Gasteiger partial charge in [0.25, 0.3) is 0 Å². The van der Waals surface area contributed by atoms with Crippen LogP contribution in [0.3, 0.4) is 0 Å². The van der Waals surface area contributed by atoms with E-state index in [4.69, 9.17) is 37.6 Å². The third-order valence-electron chi connectivity index (χ3n) is 9.43. The largest absolute Gasteiger partial charge is 0.507 e. The molecule has 0 bridgehead atoms. The average Bonchev–Trinajstić information content (AvgIpc) is 3.14. The first kappa shape index (κ1) is 39.2. The number of aliphatic hydroxyl groups excluding tert-OH is 9. The van der Waals surface area contributed by atoms with Crippen molar-refractivity contribution >= 4 is 11.0 Å². The van der Waals surface area contributed by atoms with Gasteiger partial charge in [0.1, 0.15) is 95.0 Å². The molecule has 19 nitrogen and oxygen atoms in total. The molecule has 3 fully saturated rings. The fourth-order valence-corrected chi connectivity index (χ4v) is 6.30. The highest BCUT2D eigenvalue weighted by atomic mass is 16.8. The molecule has 0 aliphatic carbocycles. The lowest BCUT2D eigenvalue weighted by atomic mass is 9.97. The van der Waals surface area contributed by atoms with Crippen molar-refractivity contribution < 1.29 is 88.6 Å². The summed E-state index contributed by atoms with van der Waals surface area (Å²) in [5.41, 5.74) is -0.212. The summed E-state index contributed by atoms with van der Waals surface area (Å²) in [6.07, 6.45) is -24.8. The molecule has 4 heterocycles. The van der Waals surface area contributed by atoms with Crippen molar-refractivity contribution in [2.45, 2.75) is 99.0 Å². The zero-order valence-electron chi connectivity index (χ0n) is 28.3.